The Balaban J connectivity index is 1.82. The normalized spacial score (nSPS) is 16.0. The van der Waals surface area contributed by atoms with Crippen LogP contribution in [0.15, 0.2) is 35.0 Å². The van der Waals surface area contributed by atoms with E-state index >= 15 is 0 Å². The number of nitrogens with two attached hydrogens (primary N) is 1. The van der Waals surface area contributed by atoms with Crippen LogP contribution in [0.25, 0.3) is 0 Å². The highest BCUT2D eigenvalue weighted by atomic mass is 32.1. The van der Waals surface area contributed by atoms with Crippen LogP contribution in [0.2, 0.25) is 0 Å². The molecule has 1 unspecified atom stereocenters. The monoisotopic (exact) mass is 304 g/mol. The lowest BCUT2D eigenvalue weighted by atomic mass is 10.1. The van der Waals surface area contributed by atoms with E-state index in [1.54, 1.807) is 17.4 Å². The van der Waals surface area contributed by atoms with Gasteiger partial charge in [0.05, 0.1) is 5.69 Å². The number of rotatable bonds is 6. The molecule has 3 rings (SSSR count). The highest BCUT2D eigenvalue weighted by Crippen LogP contribution is 2.35. The SMILES string of the molecule is CC(N)Cc1ccc(N(Cc2ccsc2)C2CC2)c(F)c1. The molecule has 1 aliphatic carbocycles. The van der Waals surface area contributed by atoms with Crippen LogP contribution in [0.1, 0.15) is 30.9 Å². The summed E-state index contributed by atoms with van der Waals surface area (Å²) in [7, 11) is 0. The van der Waals surface area contributed by atoms with E-state index in [2.05, 4.69) is 21.7 Å². The van der Waals surface area contributed by atoms with Crippen molar-refractivity contribution < 1.29 is 4.39 Å². The molecule has 1 atom stereocenters. The number of thiophene rings is 1. The second-order valence-electron chi connectivity index (χ2n) is 5.96. The van der Waals surface area contributed by atoms with Gasteiger partial charge >= 0.3 is 0 Å². The van der Waals surface area contributed by atoms with Gasteiger partial charge in [0.25, 0.3) is 0 Å². The van der Waals surface area contributed by atoms with Crippen LogP contribution in [0, 0.1) is 5.82 Å². The van der Waals surface area contributed by atoms with Gasteiger partial charge in [-0.3, -0.25) is 0 Å². The summed E-state index contributed by atoms with van der Waals surface area (Å²) in [4.78, 5) is 2.20. The van der Waals surface area contributed by atoms with Gasteiger partial charge in [-0.25, -0.2) is 4.39 Å². The van der Waals surface area contributed by atoms with Crippen molar-refractivity contribution in [3.05, 3.63) is 52.0 Å². The largest absolute Gasteiger partial charge is 0.362 e. The van der Waals surface area contributed by atoms with Crippen molar-refractivity contribution >= 4 is 17.0 Å². The van der Waals surface area contributed by atoms with Crippen molar-refractivity contribution in [3.8, 4) is 0 Å². The molecule has 2 N–H and O–H groups in total. The first-order chi connectivity index (χ1) is 10.1. The predicted molar refractivity (Wildman–Crippen MR) is 87.3 cm³/mol. The summed E-state index contributed by atoms with van der Waals surface area (Å²) in [6.45, 7) is 2.73. The average Bonchev–Trinajstić information content (AvgIpc) is 3.14. The Morgan fingerprint density at radius 3 is 2.71 bits per heavy atom. The fourth-order valence-electron chi connectivity index (χ4n) is 2.66. The minimum Gasteiger partial charge on any atom is -0.362 e. The Labute approximate surface area is 129 Å². The molecule has 0 spiro atoms. The van der Waals surface area contributed by atoms with Gasteiger partial charge in [0, 0.05) is 18.6 Å². The first-order valence-electron chi connectivity index (χ1n) is 7.45. The van der Waals surface area contributed by atoms with Crippen LogP contribution in [0.3, 0.4) is 0 Å². The molecule has 0 saturated heterocycles. The number of anilines is 1. The summed E-state index contributed by atoms with van der Waals surface area (Å²) in [6.07, 6.45) is 3.03. The molecule has 1 fully saturated rings. The molecule has 0 aliphatic heterocycles. The van der Waals surface area contributed by atoms with Crippen LogP contribution in [-0.2, 0) is 13.0 Å². The van der Waals surface area contributed by atoms with E-state index in [0.717, 1.165) is 30.6 Å². The minimum atomic E-state index is -0.129. The van der Waals surface area contributed by atoms with E-state index in [4.69, 9.17) is 5.73 Å². The van der Waals surface area contributed by atoms with Crippen molar-refractivity contribution in [2.75, 3.05) is 4.90 Å². The van der Waals surface area contributed by atoms with Crippen molar-refractivity contribution in [2.45, 2.75) is 44.8 Å². The molecule has 2 nitrogen and oxygen atoms in total. The van der Waals surface area contributed by atoms with Gasteiger partial charge in [-0.2, -0.15) is 11.3 Å². The third-order valence-corrected chi connectivity index (χ3v) is 4.53. The fraction of sp³-hybridized carbons (Fsp3) is 0.412. The van der Waals surface area contributed by atoms with Gasteiger partial charge in [-0.1, -0.05) is 6.07 Å². The molecule has 4 heteroatoms. The highest BCUT2D eigenvalue weighted by molar-refractivity contribution is 7.07. The maximum absolute atomic E-state index is 14.5. The third kappa shape index (κ3) is 3.63. The zero-order valence-electron chi connectivity index (χ0n) is 12.3. The van der Waals surface area contributed by atoms with Gasteiger partial charge in [0.2, 0.25) is 0 Å². The zero-order chi connectivity index (χ0) is 14.8. The first kappa shape index (κ1) is 14.5. The molecule has 1 saturated carbocycles. The van der Waals surface area contributed by atoms with Crippen LogP contribution in [-0.4, -0.2) is 12.1 Å². The summed E-state index contributed by atoms with van der Waals surface area (Å²) in [5.41, 5.74) is 8.73. The standard InChI is InChI=1S/C17H21FN2S/c1-12(19)8-13-2-5-17(16(18)9-13)20(15-3-4-15)10-14-6-7-21-11-14/h2,5-7,9,11-12,15H,3-4,8,10,19H2,1H3. The van der Waals surface area contributed by atoms with E-state index in [1.165, 1.54) is 5.56 Å². The first-order valence-corrected chi connectivity index (χ1v) is 8.39. The molecule has 112 valence electrons. The molecule has 1 aromatic heterocycles. The molecule has 0 bridgehead atoms. The summed E-state index contributed by atoms with van der Waals surface area (Å²) in [5.74, 6) is -0.129. The summed E-state index contributed by atoms with van der Waals surface area (Å²) >= 11 is 1.69. The average molecular weight is 304 g/mol. The van der Waals surface area contributed by atoms with E-state index in [9.17, 15) is 4.39 Å². The molecular formula is C17H21FN2S. The minimum absolute atomic E-state index is 0.0561. The number of hydrogen-bond donors (Lipinski definition) is 1. The number of hydrogen-bond acceptors (Lipinski definition) is 3. The van der Waals surface area contributed by atoms with Crippen LogP contribution in [0.4, 0.5) is 10.1 Å². The fourth-order valence-corrected chi connectivity index (χ4v) is 3.32. The van der Waals surface area contributed by atoms with Gasteiger partial charge in [0.1, 0.15) is 5.82 Å². The molecule has 1 aromatic carbocycles. The molecule has 0 amide bonds. The second kappa shape index (κ2) is 6.16. The van der Waals surface area contributed by atoms with Gasteiger partial charge in [-0.05, 0) is 66.3 Å². The molecular weight excluding hydrogens is 283 g/mol. The second-order valence-corrected chi connectivity index (χ2v) is 6.74. The highest BCUT2D eigenvalue weighted by Gasteiger charge is 2.30. The number of nitrogens with zero attached hydrogens (tertiary/aromatic N) is 1. The van der Waals surface area contributed by atoms with E-state index in [-0.39, 0.29) is 11.9 Å². The maximum atomic E-state index is 14.5. The van der Waals surface area contributed by atoms with Gasteiger partial charge in [0.15, 0.2) is 0 Å². The lowest BCUT2D eigenvalue weighted by Crippen LogP contribution is -2.26. The number of halogens is 1. The molecule has 0 radical (unpaired) electrons. The Morgan fingerprint density at radius 1 is 1.33 bits per heavy atom. The van der Waals surface area contributed by atoms with Gasteiger partial charge in [-0.15, -0.1) is 0 Å². The summed E-state index contributed by atoms with van der Waals surface area (Å²) in [5, 5.41) is 4.21. The van der Waals surface area contributed by atoms with Crippen molar-refractivity contribution in [1.29, 1.82) is 0 Å². The smallest absolute Gasteiger partial charge is 0.146 e. The maximum Gasteiger partial charge on any atom is 0.146 e. The lowest BCUT2D eigenvalue weighted by Gasteiger charge is -2.25. The van der Waals surface area contributed by atoms with E-state index in [0.29, 0.717) is 12.5 Å². The van der Waals surface area contributed by atoms with Crippen molar-refractivity contribution in [2.24, 2.45) is 5.73 Å². The lowest BCUT2D eigenvalue weighted by molar-refractivity contribution is 0.610. The molecule has 21 heavy (non-hydrogen) atoms. The Bertz CT molecular complexity index is 591. The van der Waals surface area contributed by atoms with Gasteiger partial charge < -0.3 is 10.6 Å². The molecule has 1 heterocycles. The van der Waals surface area contributed by atoms with E-state index < -0.39 is 0 Å². The van der Waals surface area contributed by atoms with E-state index in [1.807, 2.05) is 19.1 Å². The topological polar surface area (TPSA) is 29.3 Å². The Morgan fingerprint density at radius 2 is 2.14 bits per heavy atom. The van der Waals surface area contributed by atoms with Crippen molar-refractivity contribution in [1.82, 2.24) is 0 Å². The quantitative estimate of drug-likeness (QED) is 0.875. The van der Waals surface area contributed by atoms with Crippen LogP contribution in [0.5, 0.6) is 0 Å². The molecule has 2 aromatic rings. The number of benzene rings is 1. The Kier molecular flexibility index (Phi) is 4.27. The van der Waals surface area contributed by atoms with Crippen molar-refractivity contribution in [3.63, 3.8) is 0 Å². The molecule has 1 aliphatic rings. The predicted octanol–water partition coefficient (Wildman–Crippen LogP) is 3.95. The summed E-state index contributed by atoms with van der Waals surface area (Å²) in [6, 6.07) is 8.21. The Hall–Kier alpha value is -1.39. The zero-order valence-corrected chi connectivity index (χ0v) is 13.1. The summed E-state index contributed by atoms with van der Waals surface area (Å²) < 4.78 is 14.5. The third-order valence-electron chi connectivity index (χ3n) is 3.80. The van der Waals surface area contributed by atoms with Crippen LogP contribution < -0.4 is 10.6 Å². The van der Waals surface area contributed by atoms with Crippen LogP contribution >= 0.6 is 11.3 Å².